The molecule has 0 spiro atoms. The van der Waals surface area contributed by atoms with Crippen molar-refractivity contribution in [1.82, 2.24) is 0 Å². The van der Waals surface area contributed by atoms with Gasteiger partial charge in [0, 0.05) is 23.2 Å². The van der Waals surface area contributed by atoms with E-state index < -0.39 is 5.97 Å². The highest BCUT2D eigenvalue weighted by Gasteiger charge is 2.11. The second-order valence-corrected chi connectivity index (χ2v) is 6.24. The topological polar surface area (TPSA) is 98.8 Å². The van der Waals surface area contributed by atoms with Crippen molar-refractivity contribution >= 4 is 29.1 Å². The molecule has 2 aromatic rings. The number of ether oxygens (including phenoxy) is 2. The van der Waals surface area contributed by atoms with Crippen molar-refractivity contribution < 1.29 is 28.7 Å². The van der Waals surface area contributed by atoms with Crippen LogP contribution in [0.1, 0.15) is 47.4 Å². The number of amides is 1. The lowest BCUT2D eigenvalue weighted by Gasteiger charge is -2.08. The van der Waals surface area contributed by atoms with Crippen LogP contribution in [0.25, 0.3) is 0 Å². The van der Waals surface area contributed by atoms with Crippen LogP contribution < -0.4 is 10.1 Å². The van der Waals surface area contributed by atoms with Gasteiger partial charge in [-0.1, -0.05) is 6.92 Å². The molecule has 1 N–H and O–H groups in total. The SMILES string of the molecule is CCC(=O)Nc1ccc(C(=O)COC(=O)CCOc2ccc(C(C)=O)cc2)cc1. The number of hydrogen-bond donors (Lipinski definition) is 1. The van der Waals surface area contributed by atoms with Crippen LogP contribution in [0.2, 0.25) is 0 Å². The van der Waals surface area contributed by atoms with Gasteiger partial charge in [-0.2, -0.15) is 0 Å². The van der Waals surface area contributed by atoms with E-state index in [9.17, 15) is 19.2 Å². The summed E-state index contributed by atoms with van der Waals surface area (Å²) in [6, 6.07) is 13.0. The number of ketones is 2. The molecular weight excluding hydrogens is 374 g/mol. The number of esters is 1. The average molecular weight is 397 g/mol. The highest BCUT2D eigenvalue weighted by atomic mass is 16.5. The third-order valence-electron chi connectivity index (χ3n) is 4.01. The Morgan fingerprint density at radius 1 is 0.897 bits per heavy atom. The summed E-state index contributed by atoms with van der Waals surface area (Å²) in [6.07, 6.45) is 0.355. The smallest absolute Gasteiger partial charge is 0.309 e. The highest BCUT2D eigenvalue weighted by molar-refractivity contribution is 5.98. The molecular formula is C22H23NO6. The van der Waals surface area contributed by atoms with Crippen LogP contribution in [-0.4, -0.2) is 36.7 Å². The molecule has 0 unspecified atom stereocenters. The van der Waals surface area contributed by atoms with Crippen LogP contribution in [0, 0.1) is 0 Å². The van der Waals surface area contributed by atoms with Gasteiger partial charge in [0.05, 0.1) is 13.0 Å². The summed E-state index contributed by atoms with van der Waals surface area (Å²) in [5, 5.41) is 2.69. The van der Waals surface area contributed by atoms with E-state index in [1.165, 1.54) is 6.92 Å². The maximum absolute atomic E-state index is 12.1. The molecule has 0 bridgehead atoms. The molecule has 7 heteroatoms. The van der Waals surface area contributed by atoms with Gasteiger partial charge in [0.1, 0.15) is 5.75 Å². The van der Waals surface area contributed by atoms with Gasteiger partial charge < -0.3 is 14.8 Å². The predicted molar refractivity (Wildman–Crippen MR) is 107 cm³/mol. The second-order valence-electron chi connectivity index (χ2n) is 6.24. The maximum atomic E-state index is 12.1. The molecule has 2 rings (SSSR count). The average Bonchev–Trinajstić information content (AvgIpc) is 2.72. The summed E-state index contributed by atoms with van der Waals surface area (Å²) in [6.45, 7) is 2.95. The second kappa shape index (κ2) is 10.8. The Labute approximate surface area is 169 Å². The van der Waals surface area contributed by atoms with E-state index >= 15 is 0 Å². The fourth-order valence-electron chi connectivity index (χ4n) is 2.33. The van der Waals surface area contributed by atoms with Gasteiger partial charge >= 0.3 is 5.97 Å². The van der Waals surface area contributed by atoms with Crippen molar-refractivity contribution in [3.8, 4) is 5.75 Å². The fraction of sp³-hybridized carbons (Fsp3) is 0.273. The Kier molecular flexibility index (Phi) is 8.09. The third-order valence-corrected chi connectivity index (χ3v) is 4.01. The monoisotopic (exact) mass is 397 g/mol. The highest BCUT2D eigenvalue weighted by Crippen LogP contribution is 2.13. The number of benzene rings is 2. The zero-order valence-corrected chi connectivity index (χ0v) is 16.4. The molecule has 2 aromatic carbocycles. The van der Waals surface area contributed by atoms with Crippen molar-refractivity contribution in [2.24, 2.45) is 0 Å². The van der Waals surface area contributed by atoms with E-state index in [0.717, 1.165) is 0 Å². The lowest BCUT2D eigenvalue weighted by Crippen LogP contribution is -2.16. The largest absolute Gasteiger partial charge is 0.493 e. The number of nitrogens with one attached hydrogen (secondary N) is 1. The molecule has 0 aromatic heterocycles. The molecule has 0 atom stereocenters. The number of Topliss-reactive ketones (excluding diaryl/α,β-unsaturated/α-hetero) is 2. The molecule has 0 fully saturated rings. The van der Waals surface area contributed by atoms with Crippen LogP contribution in [0.15, 0.2) is 48.5 Å². The van der Waals surface area contributed by atoms with E-state index in [0.29, 0.717) is 29.0 Å². The summed E-state index contributed by atoms with van der Waals surface area (Å²) < 4.78 is 10.4. The zero-order chi connectivity index (χ0) is 21.2. The van der Waals surface area contributed by atoms with Crippen molar-refractivity contribution in [3.05, 3.63) is 59.7 Å². The van der Waals surface area contributed by atoms with Crippen LogP contribution >= 0.6 is 0 Å². The standard InChI is InChI=1S/C22H23NO6/c1-3-21(26)23-18-8-4-17(5-9-18)20(25)14-29-22(27)12-13-28-19-10-6-16(7-11-19)15(2)24/h4-11H,3,12-14H2,1-2H3,(H,23,26). The van der Waals surface area contributed by atoms with Gasteiger partial charge in [-0.3, -0.25) is 19.2 Å². The van der Waals surface area contributed by atoms with Gasteiger partial charge in [-0.05, 0) is 55.5 Å². The molecule has 152 valence electrons. The minimum absolute atomic E-state index is 0.0102. The molecule has 0 aliphatic rings. The summed E-state index contributed by atoms with van der Waals surface area (Å²) in [5.41, 5.74) is 1.56. The van der Waals surface area contributed by atoms with Crippen LogP contribution in [0.5, 0.6) is 5.75 Å². The van der Waals surface area contributed by atoms with Crippen LogP contribution in [0.3, 0.4) is 0 Å². The molecule has 0 aliphatic heterocycles. The van der Waals surface area contributed by atoms with Crippen LogP contribution in [0.4, 0.5) is 5.69 Å². The van der Waals surface area contributed by atoms with Gasteiger partial charge in [0.2, 0.25) is 5.91 Å². The van der Waals surface area contributed by atoms with E-state index in [4.69, 9.17) is 9.47 Å². The maximum Gasteiger partial charge on any atom is 0.309 e. The molecule has 0 saturated heterocycles. The predicted octanol–water partition coefficient (Wildman–Crippen LogP) is 3.43. The van der Waals surface area contributed by atoms with Gasteiger partial charge in [-0.15, -0.1) is 0 Å². The third kappa shape index (κ3) is 7.21. The molecule has 7 nitrogen and oxygen atoms in total. The first-order chi connectivity index (χ1) is 13.9. The number of anilines is 1. The minimum Gasteiger partial charge on any atom is -0.493 e. The van der Waals surface area contributed by atoms with E-state index in [1.54, 1.807) is 55.5 Å². The van der Waals surface area contributed by atoms with Gasteiger partial charge in [-0.25, -0.2) is 0 Å². The zero-order valence-electron chi connectivity index (χ0n) is 16.4. The van der Waals surface area contributed by atoms with Crippen molar-refractivity contribution in [2.75, 3.05) is 18.5 Å². The quantitative estimate of drug-likeness (QED) is 0.487. The molecule has 29 heavy (non-hydrogen) atoms. The van der Waals surface area contributed by atoms with E-state index in [-0.39, 0.29) is 37.1 Å². The van der Waals surface area contributed by atoms with Crippen molar-refractivity contribution in [1.29, 1.82) is 0 Å². The van der Waals surface area contributed by atoms with Crippen molar-refractivity contribution in [2.45, 2.75) is 26.7 Å². The number of carbonyl (C=O) groups is 4. The molecule has 0 radical (unpaired) electrons. The van der Waals surface area contributed by atoms with E-state index in [1.807, 2.05) is 0 Å². The molecule has 0 heterocycles. The van der Waals surface area contributed by atoms with Crippen molar-refractivity contribution in [3.63, 3.8) is 0 Å². The first-order valence-corrected chi connectivity index (χ1v) is 9.21. The lowest BCUT2D eigenvalue weighted by molar-refractivity contribution is -0.143. The van der Waals surface area contributed by atoms with Gasteiger partial charge in [0.25, 0.3) is 0 Å². The minimum atomic E-state index is -0.550. The first-order valence-electron chi connectivity index (χ1n) is 9.21. The summed E-state index contributed by atoms with van der Waals surface area (Å²) >= 11 is 0. The van der Waals surface area contributed by atoms with E-state index in [2.05, 4.69) is 5.32 Å². The van der Waals surface area contributed by atoms with Gasteiger partial charge in [0.15, 0.2) is 18.2 Å². The molecule has 0 saturated carbocycles. The van der Waals surface area contributed by atoms with Crippen LogP contribution in [-0.2, 0) is 14.3 Å². The Morgan fingerprint density at radius 2 is 1.52 bits per heavy atom. The number of carbonyl (C=O) groups excluding carboxylic acids is 4. The Morgan fingerprint density at radius 3 is 2.10 bits per heavy atom. The number of hydrogen-bond acceptors (Lipinski definition) is 6. The Hall–Kier alpha value is -3.48. The Bertz CT molecular complexity index is 871. The lowest BCUT2D eigenvalue weighted by atomic mass is 10.1. The Balaban J connectivity index is 1.72. The fourth-order valence-corrected chi connectivity index (χ4v) is 2.33. The summed E-state index contributed by atoms with van der Waals surface area (Å²) in [7, 11) is 0. The molecule has 0 aliphatic carbocycles. The number of rotatable bonds is 10. The first kappa shape index (κ1) is 21.8. The molecule has 1 amide bonds. The summed E-state index contributed by atoms with van der Waals surface area (Å²) in [4.78, 5) is 46.4. The summed E-state index contributed by atoms with van der Waals surface area (Å²) in [5.74, 6) is -0.507. The normalized spacial score (nSPS) is 10.1.